The Bertz CT molecular complexity index is 871. The smallest absolute Gasteiger partial charge is 0.309 e. The van der Waals surface area contributed by atoms with Crippen LogP contribution in [-0.2, 0) is 14.3 Å². The summed E-state index contributed by atoms with van der Waals surface area (Å²) in [4.78, 5) is 37.9. The van der Waals surface area contributed by atoms with Gasteiger partial charge in [0.2, 0.25) is 0 Å². The summed E-state index contributed by atoms with van der Waals surface area (Å²) in [5.41, 5.74) is 1.24. The lowest BCUT2D eigenvalue weighted by Gasteiger charge is -2.33. The van der Waals surface area contributed by atoms with E-state index in [1.165, 1.54) is 10.4 Å². The fraction of sp³-hybridized carbons (Fsp3) is 0.600. The molecule has 3 heterocycles. The molecule has 2 aromatic rings. The maximum Gasteiger partial charge on any atom is 0.309 e. The van der Waals surface area contributed by atoms with E-state index >= 15 is 0 Å². The van der Waals surface area contributed by atoms with Crippen LogP contribution in [0.3, 0.4) is 0 Å². The number of carbonyl (C=O) groups is 2. The number of esters is 1. The molecule has 2 fully saturated rings. The number of nitrogens with zero attached hydrogens (tertiary/aromatic N) is 3. The van der Waals surface area contributed by atoms with Crippen molar-refractivity contribution in [2.24, 2.45) is 5.92 Å². The molecule has 1 atom stereocenters. The summed E-state index contributed by atoms with van der Waals surface area (Å²) in [5.74, 6) is 0.721. The SMILES string of the molecule is Cc1sc2ncnc(N3CCC(C(=O)O[C@@H]4CCCCC4=O)CC3)c2c1C. The molecule has 144 valence electrons. The Hall–Kier alpha value is -2.02. The third-order valence-corrected chi connectivity index (χ3v) is 6.95. The topological polar surface area (TPSA) is 72.4 Å². The van der Waals surface area contributed by atoms with Crippen LogP contribution in [0.25, 0.3) is 10.2 Å². The molecule has 1 aliphatic carbocycles. The van der Waals surface area contributed by atoms with Gasteiger partial charge in [-0.2, -0.15) is 0 Å². The molecule has 27 heavy (non-hydrogen) atoms. The van der Waals surface area contributed by atoms with Crippen molar-refractivity contribution in [3.05, 3.63) is 16.8 Å². The van der Waals surface area contributed by atoms with Crippen LogP contribution >= 0.6 is 11.3 Å². The summed E-state index contributed by atoms with van der Waals surface area (Å²) >= 11 is 1.70. The molecule has 2 aromatic heterocycles. The number of rotatable bonds is 3. The summed E-state index contributed by atoms with van der Waals surface area (Å²) in [7, 11) is 0. The van der Waals surface area contributed by atoms with Gasteiger partial charge in [0.1, 0.15) is 17.0 Å². The molecule has 1 aliphatic heterocycles. The first kappa shape index (κ1) is 18.3. The van der Waals surface area contributed by atoms with Gasteiger partial charge in [0.25, 0.3) is 0 Å². The first-order valence-electron chi connectivity index (χ1n) is 9.73. The minimum Gasteiger partial charge on any atom is -0.454 e. The summed E-state index contributed by atoms with van der Waals surface area (Å²) in [6.07, 6.45) is 5.68. The number of aryl methyl sites for hydroxylation is 2. The molecule has 0 radical (unpaired) electrons. The normalized spacial score (nSPS) is 21.6. The maximum atomic E-state index is 12.5. The number of anilines is 1. The van der Waals surface area contributed by atoms with Gasteiger partial charge in [-0.05, 0) is 51.5 Å². The van der Waals surface area contributed by atoms with E-state index in [1.807, 2.05) is 0 Å². The summed E-state index contributed by atoms with van der Waals surface area (Å²) in [6.45, 7) is 5.75. The zero-order valence-corrected chi connectivity index (χ0v) is 16.7. The predicted molar refractivity (Wildman–Crippen MR) is 105 cm³/mol. The summed E-state index contributed by atoms with van der Waals surface area (Å²) in [6, 6.07) is 0. The zero-order chi connectivity index (χ0) is 19.0. The highest BCUT2D eigenvalue weighted by Crippen LogP contribution is 2.35. The molecule has 1 saturated carbocycles. The van der Waals surface area contributed by atoms with Crippen molar-refractivity contribution in [3.63, 3.8) is 0 Å². The Morgan fingerprint density at radius 3 is 2.70 bits per heavy atom. The Kier molecular flexibility index (Phi) is 5.12. The molecule has 0 N–H and O–H groups in total. The summed E-state index contributed by atoms with van der Waals surface area (Å²) in [5, 5.41) is 1.13. The minimum atomic E-state index is -0.512. The van der Waals surface area contributed by atoms with Gasteiger partial charge in [-0.1, -0.05) is 0 Å². The monoisotopic (exact) mass is 387 g/mol. The number of ether oxygens (including phenoxy) is 1. The van der Waals surface area contributed by atoms with E-state index in [2.05, 4.69) is 28.7 Å². The van der Waals surface area contributed by atoms with Gasteiger partial charge in [0, 0.05) is 24.4 Å². The molecule has 0 aromatic carbocycles. The minimum absolute atomic E-state index is 0.0821. The third-order valence-electron chi connectivity index (χ3n) is 5.83. The van der Waals surface area contributed by atoms with Gasteiger partial charge in [0.15, 0.2) is 11.9 Å². The molecule has 2 aliphatic rings. The maximum absolute atomic E-state index is 12.5. The van der Waals surface area contributed by atoms with E-state index in [0.29, 0.717) is 12.8 Å². The molecular weight excluding hydrogens is 362 g/mol. The molecule has 0 amide bonds. The van der Waals surface area contributed by atoms with Crippen LogP contribution < -0.4 is 4.90 Å². The van der Waals surface area contributed by atoms with Crippen LogP contribution in [0.4, 0.5) is 5.82 Å². The quantitative estimate of drug-likeness (QED) is 0.750. The highest BCUT2D eigenvalue weighted by atomic mass is 32.1. The highest BCUT2D eigenvalue weighted by Gasteiger charge is 2.32. The number of hydrogen-bond acceptors (Lipinski definition) is 7. The second-order valence-corrected chi connectivity index (χ2v) is 8.76. The van der Waals surface area contributed by atoms with Crippen LogP contribution in [0, 0.1) is 19.8 Å². The third kappa shape index (κ3) is 3.57. The molecule has 0 unspecified atom stereocenters. The van der Waals surface area contributed by atoms with Gasteiger partial charge in [-0.25, -0.2) is 9.97 Å². The van der Waals surface area contributed by atoms with Gasteiger partial charge < -0.3 is 9.64 Å². The average molecular weight is 388 g/mol. The highest BCUT2D eigenvalue weighted by molar-refractivity contribution is 7.18. The number of fused-ring (bicyclic) bond motifs is 1. The van der Waals surface area contributed by atoms with Gasteiger partial charge >= 0.3 is 5.97 Å². The fourth-order valence-corrected chi connectivity index (χ4v) is 5.03. The van der Waals surface area contributed by atoms with Gasteiger partial charge in [-0.15, -0.1) is 11.3 Å². The van der Waals surface area contributed by atoms with Crippen molar-refractivity contribution >= 4 is 39.1 Å². The van der Waals surface area contributed by atoms with Crippen molar-refractivity contribution in [2.75, 3.05) is 18.0 Å². The largest absolute Gasteiger partial charge is 0.454 e. The lowest BCUT2D eigenvalue weighted by molar-refractivity contribution is -0.161. The Labute approximate surface area is 162 Å². The van der Waals surface area contributed by atoms with Crippen LogP contribution in [0.2, 0.25) is 0 Å². The van der Waals surface area contributed by atoms with Crippen LogP contribution in [0.15, 0.2) is 6.33 Å². The molecule has 1 saturated heterocycles. The van der Waals surface area contributed by atoms with Crippen LogP contribution in [0.5, 0.6) is 0 Å². The average Bonchev–Trinajstić information content (AvgIpc) is 2.98. The number of Topliss-reactive ketones (excluding diaryl/α,β-unsaturated/α-hetero) is 1. The Balaban J connectivity index is 1.42. The number of piperidine rings is 1. The van der Waals surface area contributed by atoms with E-state index in [0.717, 1.165) is 54.8 Å². The van der Waals surface area contributed by atoms with Gasteiger partial charge in [0.05, 0.1) is 11.3 Å². The van der Waals surface area contributed by atoms with E-state index in [1.54, 1.807) is 17.7 Å². The number of carbonyl (C=O) groups excluding carboxylic acids is 2. The predicted octanol–water partition coefficient (Wildman–Crippen LogP) is 3.58. The summed E-state index contributed by atoms with van der Waals surface area (Å²) < 4.78 is 5.55. The lowest BCUT2D eigenvalue weighted by Crippen LogP contribution is -2.39. The van der Waals surface area contributed by atoms with Crippen molar-refractivity contribution in [1.82, 2.24) is 9.97 Å². The van der Waals surface area contributed by atoms with E-state index in [4.69, 9.17) is 4.74 Å². The lowest BCUT2D eigenvalue weighted by atomic mass is 9.94. The molecular formula is C20H25N3O3S. The molecule has 4 rings (SSSR count). The zero-order valence-electron chi connectivity index (χ0n) is 15.9. The van der Waals surface area contributed by atoms with Crippen molar-refractivity contribution in [3.8, 4) is 0 Å². The fourth-order valence-electron chi connectivity index (χ4n) is 4.04. The van der Waals surface area contributed by atoms with E-state index < -0.39 is 6.10 Å². The first-order chi connectivity index (χ1) is 13.0. The van der Waals surface area contributed by atoms with Crippen molar-refractivity contribution < 1.29 is 14.3 Å². The Morgan fingerprint density at radius 1 is 1.19 bits per heavy atom. The molecule has 7 heteroatoms. The van der Waals surface area contributed by atoms with E-state index in [9.17, 15) is 9.59 Å². The van der Waals surface area contributed by atoms with Crippen LogP contribution in [-0.4, -0.2) is 40.9 Å². The van der Waals surface area contributed by atoms with Crippen molar-refractivity contribution in [1.29, 1.82) is 0 Å². The van der Waals surface area contributed by atoms with Crippen molar-refractivity contribution in [2.45, 2.75) is 58.5 Å². The number of aromatic nitrogens is 2. The van der Waals surface area contributed by atoms with Gasteiger partial charge in [-0.3, -0.25) is 9.59 Å². The standard InChI is InChI=1S/C20H25N3O3S/c1-12-13(2)27-19-17(12)18(21-11-22-19)23-9-7-14(8-10-23)20(25)26-16-6-4-3-5-15(16)24/h11,14,16H,3-10H2,1-2H3/t16-/m1/s1. The molecule has 6 nitrogen and oxygen atoms in total. The number of hydrogen-bond donors (Lipinski definition) is 0. The second-order valence-electron chi connectivity index (χ2n) is 7.56. The van der Waals surface area contributed by atoms with Crippen LogP contribution in [0.1, 0.15) is 49.0 Å². The number of ketones is 1. The number of thiophene rings is 1. The Morgan fingerprint density at radius 2 is 1.96 bits per heavy atom. The molecule has 0 bridgehead atoms. The first-order valence-corrected chi connectivity index (χ1v) is 10.5. The molecule has 0 spiro atoms. The van der Waals surface area contributed by atoms with E-state index in [-0.39, 0.29) is 17.7 Å². The second kappa shape index (κ2) is 7.54.